The molecule has 4 nitrogen and oxygen atoms in total. The third-order valence-electron chi connectivity index (χ3n) is 5.32. The summed E-state index contributed by atoms with van der Waals surface area (Å²) < 4.78 is 10.8. The standard InChI is InChI=1S/C20H22O4/c1-4-14-9-13(2)18(17(10-14)23-3)19-15(21)11-20(12-16(19)22)5-7-24-8-6-20/h1,9-10,19H,5-8,11-12H2,2-3H3. The van der Waals surface area contributed by atoms with E-state index >= 15 is 0 Å². The van der Waals surface area contributed by atoms with E-state index in [0.717, 1.165) is 18.4 Å². The highest BCUT2D eigenvalue weighted by molar-refractivity contribution is 6.11. The summed E-state index contributed by atoms with van der Waals surface area (Å²) in [6.45, 7) is 3.13. The average molecular weight is 326 g/mol. The summed E-state index contributed by atoms with van der Waals surface area (Å²) >= 11 is 0. The van der Waals surface area contributed by atoms with Crippen LogP contribution < -0.4 is 4.74 Å². The predicted molar refractivity (Wildman–Crippen MR) is 90.1 cm³/mol. The van der Waals surface area contributed by atoms with Gasteiger partial charge in [0.05, 0.1) is 7.11 Å². The number of Topliss-reactive ketones (excluding diaryl/α,β-unsaturated/α-hetero) is 2. The molecule has 0 bridgehead atoms. The Morgan fingerprint density at radius 2 is 1.83 bits per heavy atom. The number of ether oxygens (including phenoxy) is 2. The first kappa shape index (κ1) is 16.7. The fraction of sp³-hybridized carbons (Fsp3) is 0.500. The summed E-state index contributed by atoms with van der Waals surface area (Å²) in [6.07, 6.45) is 7.90. The molecule has 1 saturated heterocycles. The van der Waals surface area contributed by atoms with Gasteiger partial charge in [0.2, 0.25) is 0 Å². The summed E-state index contributed by atoms with van der Waals surface area (Å²) in [5.74, 6) is 2.35. The van der Waals surface area contributed by atoms with Crippen molar-refractivity contribution in [2.45, 2.75) is 38.5 Å². The van der Waals surface area contributed by atoms with Crippen molar-refractivity contribution in [2.24, 2.45) is 5.41 Å². The lowest BCUT2D eigenvalue weighted by atomic mass is 9.63. The van der Waals surface area contributed by atoms with Gasteiger partial charge in [0.1, 0.15) is 23.2 Å². The molecule has 1 heterocycles. The van der Waals surface area contributed by atoms with Gasteiger partial charge in [-0.25, -0.2) is 0 Å². The molecular formula is C20H22O4. The van der Waals surface area contributed by atoms with E-state index in [1.807, 2.05) is 13.0 Å². The van der Waals surface area contributed by atoms with Crippen LogP contribution in [0.3, 0.4) is 0 Å². The van der Waals surface area contributed by atoms with Crippen LogP contribution in [0.1, 0.15) is 48.3 Å². The summed E-state index contributed by atoms with van der Waals surface area (Å²) in [5.41, 5.74) is 1.98. The molecule has 0 unspecified atom stereocenters. The van der Waals surface area contributed by atoms with Crippen LogP contribution in [0.15, 0.2) is 12.1 Å². The third-order valence-corrected chi connectivity index (χ3v) is 5.32. The zero-order valence-electron chi connectivity index (χ0n) is 14.2. The molecule has 1 aromatic carbocycles. The Bertz CT molecular complexity index is 700. The van der Waals surface area contributed by atoms with E-state index in [-0.39, 0.29) is 17.0 Å². The van der Waals surface area contributed by atoms with Gasteiger partial charge in [-0.05, 0) is 42.9 Å². The molecule has 1 aliphatic carbocycles. The predicted octanol–water partition coefficient (Wildman–Crippen LogP) is 2.80. The molecule has 126 valence electrons. The van der Waals surface area contributed by atoms with Crippen LogP contribution in [0.25, 0.3) is 0 Å². The van der Waals surface area contributed by atoms with Crippen molar-refractivity contribution in [3.63, 3.8) is 0 Å². The minimum atomic E-state index is -0.736. The number of ketones is 2. The smallest absolute Gasteiger partial charge is 0.148 e. The van der Waals surface area contributed by atoms with Gasteiger partial charge in [0, 0.05) is 37.2 Å². The lowest BCUT2D eigenvalue weighted by molar-refractivity contribution is -0.139. The number of rotatable bonds is 2. The number of aryl methyl sites for hydroxylation is 1. The molecule has 2 aliphatic rings. The molecule has 2 fully saturated rings. The van der Waals surface area contributed by atoms with Crippen molar-refractivity contribution < 1.29 is 19.1 Å². The number of carbonyl (C=O) groups is 2. The fourth-order valence-corrected chi connectivity index (χ4v) is 4.05. The van der Waals surface area contributed by atoms with E-state index in [1.54, 1.807) is 6.07 Å². The summed E-state index contributed by atoms with van der Waals surface area (Å²) in [4.78, 5) is 25.8. The van der Waals surface area contributed by atoms with Crippen LogP contribution in [0.4, 0.5) is 0 Å². The van der Waals surface area contributed by atoms with Crippen LogP contribution in [0, 0.1) is 24.7 Å². The molecule has 0 N–H and O–H groups in total. The first-order valence-corrected chi connectivity index (χ1v) is 8.28. The first-order chi connectivity index (χ1) is 11.5. The second kappa shape index (κ2) is 6.41. The zero-order valence-corrected chi connectivity index (χ0v) is 14.2. The Balaban J connectivity index is 1.98. The number of methoxy groups -OCH3 is 1. The maximum atomic E-state index is 12.9. The normalized spacial score (nSPS) is 20.9. The largest absolute Gasteiger partial charge is 0.496 e. The van der Waals surface area contributed by atoms with Crippen molar-refractivity contribution in [3.8, 4) is 18.1 Å². The van der Waals surface area contributed by atoms with Gasteiger partial charge in [-0.15, -0.1) is 6.42 Å². The molecule has 3 rings (SSSR count). The van der Waals surface area contributed by atoms with Crippen LogP contribution in [-0.2, 0) is 14.3 Å². The number of hydrogen-bond donors (Lipinski definition) is 0. The van der Waals surface area contributed by atoms with E-state index in [9.17, 15) is 9.59 Å². The molecule has 1 saturated carbocycles. The summed E-state index contributed by atoms with van der Waals surface area (Å²) in [7, 11) is 1.54. The lowest BCUT2D eigenvalue weighted by Crippen LogP contribution is -2.42. The molecular weight excluding hydrogens is 304 g/mol. The van der Waals surface area contributed by atoms with Gasteiger partial charge in [0.25, 0.3) is 0 Å². The molecule has 0 atom stereocenters. The Morgan fingerprint density at radius 1 is 1.21 bits per heavy atom. The molecule has 1 aliphatic heterocycles. The van der Waals surface area contributed by atoms with Gasteiger partial charge >= 0.3 is 0 Å². The maximum absolute atomic E-state index is 12.9. The average Bonchev–Trinajstić information content (AvgIpc) is 2.55. The van der Waals surface area contributed by atoms with Crippen molar-refractivity contribution in [2.75, 3.05) is 20.3 Å². The van der Waals surface area contributed by atoms with Crippen molar-refractivity contribution in [3.05, 3.63) is 28.8 Å². The molecule has 0 radical (unpaired) electrons. The number of benzene rings is 1. The molecule has 4 heteroatoms. The van der Waals surface area contributed by atoms with Gasteiger partial charge in [-0.1, -0.05) is 5.92 Å². The lowest BCUT2D eigenvalue weighted by Gasteiger charge is -2.41. The second-order valence-electron chi connectivity index (χ2n) is 6.88. The van der Waals surface area contributed by atoms with Crippen molar-refractivity contribution >= 4 is 11.6 Å². The molecule has 0 aromatic heterocycles. The van der Waals surface area contributed by atoms with Gasteiger partial charge in [-0.2, -0.15) is 0 Å². The quantitative estimate of drug-likeness (QED) is 0.619. The Labute approximate surface area is 142 Å². The third kappa shape index (κ3) is 2.85. The highest BCUT2D eigenvalue weighted by Crippen LogP contribution is 2.47. The van der Waals surface area contributed by atoms with E-state index < -0.39 is 5.92 Å². The summed E-state index contributed by atoms with van der Waals surface area (Å²) in [6, 6.07) is 3.55. The Hall–Kier alpha value is -2.12. The minimum absolute atomic E-state index is 0.0111. The van der Waals surface area contributed by atoms with Crippen LogP contribution in [0.5, 0.6) is 5.75 Å². The Kier molecular flexibility index (Phi) is 4.47. The van der Waals surface area contributed by atoms with Gasteiger partial charge in [-0.3, -0.25) is 9.59 Å². The second-order valence-corrected chi connectivity index (χ2v) is 6.88. The topological polar surface area (TPSA) is 52.6 Å². The van der Waals surface area contributed by atoms with E-state index in [2.05, 4.69) is 5.92 Å². The maximum Gasteiger partial charge on any atom is 0.148 e. The van der Waals surface area contributed by atoms with Crippen LogP contribution in [0.2, 0.25) is 0 Å². The monoisotopic (exact) mass is 326 g/mol. The fourth-order valence-electron chi connectivity index (χ4n) is 4.05. The van der Waals surface area contributed by atoms with E-state index in [1.165, 1.54) is 7.11 Å². The van der Waals surface area contributed by atoms with E-state index in [4.69, 9.17) is 15.9 Å². The Morgan fingerprint density at radius 3 is 2.38 bits per heavy atom. The zero-order chi connectivity index (χ0) is 17.3. The number of carbonyl (C=O) groups excluding carboxylic acids is 2. The van der Waals surface area contributed by atoms with Gasteiger partial charge in [0.15, 0.2) is 0 Å². The number of hydrogen-bond acceptors (Lipinski definition) is 4. The highest BCUT2D eigenvalue weighted by atomic mass is 16.5. The SMILES string of the molecule is C#Cc1cc(C)c(C2C(=O)CC3(CCOCC3)CC2=O)c(OC)c1. The first-order valence-electron chi connectivity index (χ1n) is 8.28. The molecule has 1 spiro atoms. The minimum Gasteiger partial charge on any atom is -0.496 e. The number of terminal acetylenes is 1. The van der Waals surface area contributed by atoms with E-state index in [0.29, 0.717) is 42.9 Å². The van der Waals surface area contributed by atoms with Crippen molar-refractivity contribution in [1.82, 2.24) is 0 Å². The van der Waals surface area contributed by atoms with Crippen molar-refractivity contribution in [1.29, 1.82) is 0 Å². The highest BCUT2D eigenvalue weighted by Gasteiger charge is 2.47. The molecule has 24 heavy (non-hydrogen) atoms. The molecule has 1 aromatic rings. The van der Waals surface area contributed by atoms with Crippen LogP contribution in [-0.4, -0.2) is 31.9 Å². The van der Waals surface area contributed by atoms with Crippen LogP contribution >= 0.6 is 0 Å². The summed E-state index contributed by atoms with van der Waals surface area (Å²) in [5, 5.41) is 0. The van der Waals surface area contributed by atoms with Gasteiger partial charge < -0.3 is 9.47 Å². The molecule has 0 amide bonds.